The summed E-state index contributed by atoms with van der Waals surface area (Å²) < 4.78 is 11.0. The monoisotopic (exact) mass is 309 g/mol. The summed E-state index contributed by atoms with van der Waals surface area (Å²) in [5.41, 5.74) is 4.98. The molecule has 0 fully saturated rings. The molecule has 0 saturated carbocycles. The van der Waals surface area contributed by atoms with Gasteiger partial charge in [-0.05, 0) is 24.1 Å². The van der Waals surface area contributed by atoms with E-state index in [1.165, 1.54) is 27.7 Å². The summed E-state index contributed by atoms with van der Waals surface area (Å²) in [5, 5.41) is 1.27. The van der Waals surface area contributed by atoms with Crippen LogP contribution in [0.4, 0.5) is 0 Å². The van der Waals surface area contributed by atoms with Crippen LogP contribution >= 0.6 is 0 Å². The molecule has 0 radical (unpaired) electrons. The van der Waals surface area contributed by atoms with Gasteiger partial charge >= 0.3 is 0 Å². The van der Waals surface area contributed by atoms with Crippen LogP contribution in [0.25, 0.3) is 10.9 Å². The van der Waals surface area contributed by atoms with Crippen LogP contribution in [0, 0.1) is 6.92 Å². The highest BCUT2D eigenvalue weighted by molar-refractivity contribution is 5.85. The average molecular weight is 309 g/mol. The fourth-order valence-corrected chi connectivity index (χ4v) is 3.12. The zero-order chi connectivity index (χ0) is 16.1. The summed E-state index contributed by atoms with van der Waals surface area (Å²) >= 11 is 0. The molecule has 0 aliphatic heterocycles. The molecule has 3 aromatic rings. The maximum Gasteiger partial charge on any atom is 0.0700 e. The smallest absolute Gasteiger partial charge is 0.0700 e. The molecule has 0 spiro atoms. The number of aromatic nitrogens is 1. The van der Waals surface area contributed by atoms with Gasteiger partial charge in [0.2, 0.25) is 0 Å². The van der Waals surface area contributed by atoms with E-state index in [0.717, 1.165) is 0 Å². The van der Waals surface area contributed by atoms with Crippen molar-refractivity contribution in [2.45, 2.75) is 12.8 Å². The van der Waals surface area contributed by atoms with Gasteiger partial charge in [-0.2, -0.15) is 0 Å². The molecular formula is C20H23NO2. The Kier molecular flexibility index (Phi) is 5.11. The second-order valence-electron chi connectivity index (χ2n) is 5.74. The predicted molar refractivity (Wildman–Crippen MR) is 94.0 cm³/mol. The minimum absolute atomic E-state index is 0.212. The average Bonchev–Trinajstić information content (AvgIpc) is 2.92. The van der Waals surface area contributed by atoms with Gasteiger partial charge in [0, 0.05) is 29.6 Å². The number of hydrogen-bond acceptors (Lipinski definition) is 2. The van der Waals surface area contributed by atoms with Crippen LogP contribution in [0.2, 0.25) is 0 Å². The number of methoxy groups -OCH3 is 1. The van der Waals surface area contributed by atoms with Gasteiger partial charge in [0.25, 0.3) is 0 Å². The number of aryl methyl sites for hydroxylation is 1. The Morgan fingerprint density at radius 2 is 1.70 bits per heavy atom. The van der Waals surface area contributed by atoms with Crippen LogP contribution in [0.1, 0.15) is 22.7 Å². The molecule has 0 aliphatic rings. The summed E-state index contributed by atoms with van der Waals surface area (Å²) in [7, 11) is 1.70. The number of benzene rings is 2. The Hall–Kier alpha value is -2.10. The van der Waals surface area contributed by atoms with Gasteiger partial charge in [-0.25, -0.2) is 0 Å². The number of fused-ring (bicyclic) bond motifs is 1. The van der Waals surface area contributed by atoms with E-state index in [1.54, 1.807) is 7.11 Å². The maximum absolute atomic E-state index is 5.88. The zero-order valence-electron chi connectivity index (χ0n) is 13.7. The third kappa shape index (κ3) is 3.46. The number of rotatable bonds is 7. The van der Waals surface area contributed by atoms with Gasteiger partial charge in [0.05, 0.1) is 19.8 Å². The van der Waals surface area contributed by atoms with Crippen LogP contribution < -0.4 is 0 Å². The Balaban J connectivity index is 1.98. The highest BCUT2D eigenvalue weighted by Gasteiger charge is 2.20. The first-order valence-corrected chi connectivity index (χ1v) is 8.00. The zero-order valence-corrected chi connectivity index (χ0v) is 13.7. The second-order valence-corrected chi connectivity index (χ2v) is 5.74. The molecule has 120 valence electrons. The fourth-order valence-electron chi connectivity index (χ4n) is 3.12. The number of aromatic amines is 1. The first-order chi connectivity index (χ1) is 11.3. The van der Waals surface area contributed by atoms with E-state index in [9.17, 15) is 0 Å². The largest absolute Gasteiger partial charge is 0.382 e. The standard InChI is InChI=1S/C20H23NO2/c1-15-20(17-10-6-7-11-19(17)21-15)18(14-23-13-12-22-2)16-8-4-3-5-9-16/h3-11,18,21H,12-14H2,1-2H3/t18-/m1/s1. The Morgan fingerprint density at radius 3 is 2.48 bits per heavy atom. The van der Waals surface area contributed by atoms with Crippen LogP contribution in [-0.4, -0.2) is 31.9 Å². The Morgan fingerprint density at radius 1 is 0.957 bits per heavy atom. The first kappa shape index (κ1) is 15.8. The lowest BCUT2D eigenvalue weighted by Crippen LogP contribution is -2.13. The highest BCUT2D eigenvalue weighted by atomic mass is 16.5. The topological polar surface area (TPSA) is 34.2 Å². The molecule has 0 amide bonds. The third-order valence-electron chi connectivity index (χ3n) is 4.21. The van der Waals surface area contributed by atoms with Crippen molar-refractivity contribution in [2.75, 3.05) is 26.9 Å². The first-order valence-electron chi connectivity index (χ1n) is 8.00. The molecule has 3 heteroatoms. The number of H-pyrrole nitrogens is 1. The van der Waals surface area contributed by atoms with Gasteiger partial charge in [-0.3, -0.25) is 0 Å². The molecule has 1 N–H and O–H groups in total. The van der Waals surface area contributed by atoms with E-state index in [-0.39, 0.29) is 5.92 Å². The van der Waals surface area contributed by atoms with E-state index in [2.05, 4.69) is 66.5 Å². The van der Waals surface area contributed by atoms with Crippen molar-refractivity contribution in [3.05, 3.63) is 71.4 Å². The van der Waals surface area contributed by atoms with Gasteiger partial charge < -0.3 is 14.5 Å². The number of ether oxygens (including phenoxy) is 2. The van der Waals surface area contributed by atoms with Gasteiger partial charge in [-0.1, -0.05) is 48.5 Å². The lowest BCUT2D eigenvalue weighted by Gasteiger charge is -2.19. The molecule has 0 saturated heterocycles. The quantitative estimate of drug-likeness (QED) is 0.661. The van der Waals surface area contributed by atoms with E-state index in [4.69, 9.17) is 9.47 Å². The Labute approximate surface area is 137 Å². The maximum atomic E-state index is 5.88. The molecule has 23 heavy (non-hydrogen) atoms. The van der Waals surface area contributed by atoms with E-state index >= 15 is 0 Å². The summed E-state index contributed by atoms with van der Waals surface area (Å²) in [6, 6.07) is 19.0. The van der Waals surface area contributed by atoms with Gasteiger partial charge in [0.1, 0.15) is 0 Å². The number of para-hydroxylation sites is 1. The molecule has 1 atom stereocenters. The van der Waals surface area contributed by atoms with Crippen molar-refractivity contribution in [3.8, 4) is 0 Å². The van der Waals surface area contributed by atoms with Crippen molar-refractivity contribution in [2.24, 2.45) is 0 Å². The molecule has 0 aliphatic carbocycles. The van der Waals surface area contributed by atoms with Crippen LogP contribution in [-0.2, 0) is 9.47 Å². The molecule has 1 aromatic heterocycles. The van der Waals surface area contributed by atoms with Crippen LogP contribution in [0.15, 0.2) is 54.6 Å². The summed E-state index contributed by atoms with van der Waals surface area (Å²) in [6.45, 7) is 4.02. The lowest BCUT2D eigenvalue weighted by atomic mass is 9.90. The third-order valence-corrected chi connectivity index (χ3v) is 4.21. The van der Waals surface area contributed by atoms with Crippen molar-refractivity contribution >= 4 is 10.9 Å². The summed E-state index contributed by atoms with van der Waals surface area (Å²) in [5.74, 6) is 0.212. The molecule has 2 aromatic carbocycles. The minimum Gasteiger partial charge on any atom is -0.382 e. The number of nitrogens with one attached hydrogen (secondary N) is 1. The van der Waals surface area contributed by atoms with E-state index in [0.29, 0.717) is 19.8 Å². The summed E-state index contributed by atoms with van der Waals surface area (Å²) in [4.78, 5) is 3.50. The Bertz CT molecular complexity index is 749. The lowest BCUT2D eigenvalue weighted by molar-refractivity contribution is 0.0671. The molecule has 1 heterocycles. The normalized spacial score (nSPS) is 12.6. The minimum atomic E-state index is 0.212. The van der Waals surface area contributed by atoms with Crippen LogP contribution in [0.5, 0.6) is 0 Å². The highest BCUT2D eigenvalue weighted by Crippen LogP contribution is 2.33. The molecule has 0 unspecified atom stereocenters. The van der Waals surface area contributed by atoms with Crippen molar-refractivity contribution in [1.82, 2.24) is 4.98 Å². The van der Waals surface area contributed by atoms with Crippen molar-refractivity contribution < 1.29 is 9.47 Å². The van der Waals surface area contributed by atoms with Crippen LogP contribution in [0.3, 0.4) is 0 Å². The predicted octanol–water partition coefficient (Wildman–Crippen LogP) is 4.27. The SMILES string of the molecule is COCCOC[C@H](c1ccccc1)c1c(C)[nH]c2ccccc12. The molecule has 3 rings (SSSR count). The summed E-state index contributed by atoms with van der Waals surface area (Å²) in [6.07, 6.45) is 0. The fraction of sp³-hybridized carbons (Fsp3) is 0.300. The molecular weight excluding hydrogens is 286 g/mol. The molecule has 3 nitrogen and oxygen atoms in total. The van der Waals surface area contributed by atoms with E-state index < -0.39 is 0 Å². The van der Waals surface area contributed by atoms with Crippen molar-refractivity contribution in [3.63, 3.8) is 0 Å². The van der Waals surface area contributed by atoms with E-state index in [1.807, 2.05) is 0 Å². The van der Waals surface area contributed by atoms with Gasteiger partial charge in [0.15, 0.2) is 0 Å². The number of hydrogen-bond donors (Lipinski definition) is 1. The van der Waals surface area contributed by atoms with Gasteiger partial charge in [-0.15, -0.1) is 0 Å². The second kappa shape index (κ2) is 7.44. The molecule has 0 bridgehead atoms. The van der Waals surface area contributed by atoms with Crippen molar-refractivity contribution in [1.29, 1.82) is 0 Å².